The van der Waals surface area contributed by atoms with Crippen molar-refractivity contribution in [2.24, 2.45) is 0 Å². The number of carboxylic acids is 1. The Hall–Kier alpha value is -0.910. The van der Waals surface area contributed by atoms with Crippen molar-refractivity contribution in [2.75, 3.05) is 18.6 Å². The Morgan fingerprint density at radius 3 is 2.33 bits per heavy atom. The van der Waals surface area contributed by atoms with Crippen LogP contribution in [0.4, 0.5) is 4.79 Å². The molecular formula is C12H24N2O3S. The van der Waals surface area contributed by atoms with Crippen molar-refractivity contribution in [1.82, 2.24) is 10.2 Å². The van der Waals surface area contributed by atoms with Gasteiger partial charge >= 0.3 is 12.0 Å². The van der Waals surface area contributed by atoms with Gasteiger partial charge in [-0.15, -0.1) is 0 Å². The number of aliphatic carboxylic acids is 1. The van der Waals surface area contributed by atoms with Crippen molar-refractivity contribution in [2.45, 2.75) is 45.7 Å². The summed E-state index contributed by atoms with van der Waals surface area (Å²) in [7, 11) is 0. The number of hydrogen-bond acceptors (Lipinski definition) is 3. The van der Waals surface area contributed by atoms with E-state index in [9.17, 15) is 9.59 Å². The van der Waals surface area contributed by atoms with Gasteiger partial charge in [-0.05, 0) is 26.0 Å². The Balaban J connectivity index is 4.58. The monoisotopic (exact) mass is 276 g/mol. The van der Waals surface area contributed by atoms with Gasteiger partial charge in [-0.2, -0.15) is 11.8 Å². The Morgan fingerprint density at radius 1 is 1.33 bits per heavy atom. The Bertz CT molecular complexity index is 274. The summed E-state index contributed by atoms with van der Waals surface area (Å²) >= 11 is 1.67. The summed E-state index contributed by atoms with van der Waals surface area (Å²) in [5.41, 5.74) is 0. The molecule has 0 aromatic rings. The van der Waals surface area contributed by atoms with Gasteiger partial charge in [0.15, 0.2) is 0 Å². The number of nitrogens with one attached hydrogen (secondary N) is 1. The van der Waals surface area contributed by atoms with E-state index in [1.54, 1.807) is 11.8 Å². The van der Waals surface area contributed by atoms with Crippen molar-refractivity contribution in [3.63, 3.8) is 0 Å². The molecular weight excluding hydrogens is 252 g/mol. The first-order valence-electron chi connectivity index (χ1n) is 6.24. The highest BCUT2D eigenvalue weighted by atomic mass is 32.2. The predicted molar refractivity (Wildman–Crippen MR) is 75.1 cm³/mol. The summed E-state index contributed by atoms with van der Waals surface area (Å²) in [6, 6.07) is -0.270. The highest BCUT2D eigenvalue weighted by Crippen LogP contribution is 2.06. The van der Waals surface area contributed by atoms with Crippen LogP contribution in [0.25, 0.3) is 0 Å². The lowest BCUT2D eigenvalue weighted by Gasteiger charge is -2.29. The summed E-state index contributed by atoms with van der Waals surface area (Å²) in [5.74, 6) is -0.146. The minimum Gasteiger partial charge on any atom is -0.480 e. The average Bonchev–Trinajstić information content (AvgIpc) is 2.33. The Morgan fingerprint density at radius 2 is 1.94 bits per heavy atom. The zero-order valence-corrected chi connectivity index (χ0v) is 12.4. The fourth-order valence-electron chi connectivity index (χ4n) is 1.51. The summed E-state index contributed by atoms with van der Waals surface area (Å²) in [6.07, 6.45) is 3.56. The minimum absolute atomic E-state index is 0.0760. The Kier molecular flexibility index (Phi) is 8.62. The first-order valence-corrected chi connectivity index (χ1v) is 7.63. The first kappa shape index (κ1) is 17.1. The molecule has 0 aliphatic rings. The molecule has 2 amide bonds. The maximum atomic E-state index is 12.1. The number of carbonyl (C=O) groups is 2. The van der Waals surface area contributed by atoms with Gasteiger partial charge in [-0.25, -0.2) is 4.79 Å². The van der Waals surface area contributed by atoms with Gasteiger partial charge in [-0.3, -0.25) is 4.79 Å². The second kappa shape index (κ2) is 9.08. The number of carbonyl (C=O) groups excluding carboxylic acids is 1. The molecule has 0 aliphatic carbocycles. The molecule has 0 spiro atoms. The lowest BCUT2D eigenvalue weighted by atomic mass is 10.2. The molecule has 0 rings (SSSR count). The summed E-state index contributed by atoms with van der Waals surface area (Å²) < 4.78 is 0. The number of amides is 2. The highest BCUT2D eigenvalue weighted by molar-refractivity contribution is 7.98. The van der Waals surface area contributed by atoms with Gasteiger partial charge in [0.1, 0.15) is 6.54 Å². The van der Waals surface area contributed by atoms with Crippen molar-refractivity contribution in [1.29, 1.82) is 0 Å². The normalized spacial score (nSPS) is 13.8. The molecule has 0 saturated heterocycles. The fourth-order valence-corrected chi connectivity index (χ4v) is 2.24. The van der Waals surface area contributed by atoms with Crippen molar-refractivity contribution < 1.29 is 14.7 Å². The van der Waals surface area contributed by atoms with Crippen LogP contribution in [0.1, 0.15) is 33.6 Å². The van der Waals surface area contributed by atoms with Crippen LogP contribution < -0.4 is 5.32 Å². The van der Waals surface area contributed by atoms with E-state index in [2.05, 4.69) is 5.32 Å². The van der Waals surface area contributed by atoms with Crippen LogP contribution in [-0.4, -0.2) is 52.6 Å². The van der Waals surface area contributed by atoms with E-state index >= 15 is 0 Å². The molecule has 0 fully saturated rings. The summed E-state index contributed by atoms with van der Waals surface area (Å²) in [4.78, 5) is 24.2. The van der Waals surface area contributed by atoms with Gasteiger partial charge in [0.2, 0.25) is 0 Å². The van der Waals surface area contributed by atoms with Crippen LogP contribution in [0, 0.1) is 0 Å². The quantitative estimate of drug-likeness (QED) is 0.711. The summed E-state index contributed by atoms with van der Waals surface area (Å²) in [6.45, 7) is 5.55. The number of hydrogen-bond donors (Lipinski definition) is 2. The number of nitrogens with zero attached hydrogens (tertiary/aromatic N) is 1. The molecule has 0 saturated carbocycles. The average molecular weight is 276 g/mol. The van der Waals surface area contributed by atoms with E-state index in [-0.39, 0.29) is 24.7 Å². The zero-order valence-electron chi connectivity index (χ0n) is 11.6. The molecule has 18 heavy (non-hydrogen) atoms. The lowest BCUT2D eigenvalue weighted by Crippen LogP contribution is -2.50. The third-order valence-electron chi connectivity index (χ3n) is 2.88. The van der Waals surface area contributed by atoms with E-state index < -0.39 is 5.97 Å². The number of rotatable bonds is 8. The van der Waals surface area contributed by atoms with E-state index in [1.165, 1.54) is 4.90 Å². The molecule has 0 radical (unpaired) electrons. The zero-order chi connectivity index (χ0) is 14.1. The fraction of sp³-hybridized carbons (Fsp3) is 0.833. The van der Waals surface area contributed by atoms with Gasteiger partial charge in [0.05, 0.1) is 0 Å². The predicted octanol–water partition coefficient (Wildman–Crippen LogP) is 2.02. The molecule has 2 atom stereocenters. The lowest BCUT2D eigenvalue weighted by molar-refractivity contribution is -0.138. The van der Waals surface area contributed by atoms with Crippen LogP contribution in [0.2, 0.25) is 0 Å². The molecule has 0 bridgehead atoms. The van der Waals surface area contributed by atoms with Crippen molar-refractivity contribution in [3.05, 3.63) is 0 Å². The number of thioether (sulfide) groups is 1. The summed E-state index contributed by atoms with van der Waals surface area (Å²) in [5, 5.41) is 11.7. The minimum atomic E-state index is -0.983. The topological polar surface area (TPSA) is 69.6 Å². The third kappa shape index (κ3) is 6.14. The second-order valence-electron chi connectivity index (χ2n) is 4.29. The van der Waals surface area contributed by atoms with Gasteiger partial charge < -0.3 is 15.3 Å². The van der Waals surface area contributed by atoms with E-state index in [1.807, 2.05) is 27.0 Å². The van der Waals surface area contributed by atoms with E-state index in [4.69, 9.17) is 5.11 Å². The van der Waals surface area contributed by atoms with Crippen LogP contribution in [0.15, 0.2) is 0 Å². The molecule has 5 nitrogen and oxygen atoms in total. The van der Waals surface area contributed by atoms with Crippen LogP contribution in [-0.2, 0) is 4.79 Å². The number of carboxylic acid groups (broad SMARTS) is 1. The molecule has 0 aromatic carbocycles. The van der Waals surface area contributed by atoms with Gasteiger partial charge in [0.25, 0.3) is 0 Å². The molecule has 106 valence electrons. The molecule has 0 aromatic heterocycles. The standard InChI is InChI=1S/C12H24N2O3S/c1-5-9(3)14(7-11(15)16)12(17)13-10(6-2)8-18-4/h9-10H,5-8H2,1-4H3,(H,13,17)(H,15,16). The second-order valence-corrected chi connectivity index (χ2v) is 5.20. The van der Waals surface area contributed by atoms with Gasteiger partial charge in [0, 0.05) is 17.8 Å². The maximum absolute atomic E-state index is 12.1. The first-order chi connectivity index (χ1) is 8.46. The van der Waals surface area contributed by atoms with Gasteiger partial charge in [-0.1, -0.05) is 13.8 Å². The molecule has 2 N–H and O–H groups in total. The largest absolute Gasteiger partial charge is 0.480 e. The Labute approximate surface area is 113 Å². The third-order valence-corrected chi connectivity index (χ3v) is 3.61. The maximum Gasteiger partial charge on any atom is 0.323 e. The SMILES string of the molecule is CCC(CSC)NC(=O)N(CC(=O)O)C(C)CC. The van der Waals surface area contributed by atoms with Crippen molar-refractivity contribution >= 4 is 23.8 Å². The smallest absolute Gasteiger partial charge is 0.323 e. The highest BCUT2D eigenvalue weighted by Gasteiger charge is 2.23. The van der Waals surface area contributed by atoms with Crippen molar-refractivity contribution in [3.8, 4) is 0 Å². The van der Waals surface area contributed by atoms with E-state index in [0.29, 0.717) is 0 Å². The molecule has 0 heterocycles. The van der Waals surface area contributed by atoms with E-state index in [0.717, 1.165) is 18.6 Å². The molecule has 0 aliphatic heterocycles. The molecule has 2 unspecified atom stereocenters. The molecule has 6 heteroatoms. The number of urea groups is 1. The van der Waals surface area contributed by atoms with Crippen LogP contribution in [0.5, 0.6) is 0 Å². The van der Waals surface area contributed by atoms with Crippen LogP contribution in [0.3, 0.4) is 0 Å². The van der Waals surface area contributed by atoms with Crippen LogP contribution >= 0.6 is 11.8 Å².